The molecule has 3 fully saturated rings. The third kappa shape index (κ3) is 2.15. The topological polar surface area (TPSA) is 15.3 Å². The van der Waals surface area contributed by atoms with Gasteiger partial charge >= 0.3 is 0 Å². The quantitative estimate of drug-likeness (QED) is 0.807. The fourth-order valence-corrected chi connectivity index (χ4v) is 4.04. The molecule has 0 aromatic rings. The van der Waals surface area contributed by atoms with Gasteiger partial charge in [0.2, 0.25) is 0 Å². The zero-order chi connectivity index (χ0) is 12.0. The van der Waals surface area contributed by atoms with Crippen LogP contribution in [0.4, 0.5) is 0 Å². The number of nitrogens with one attached hydrogen (secondary N) is 1. The standard InChI is InChI=1S/C15H28N2/c1-11(2)15(6-7-15)10-16-12-8-13-4-5-14(9-12)17(13)3/h11-14,16H,4-10H2,1-3H3. The minimum absolute atomic E-state index is 0.669. The van der Waals surface area contributed by atoms with Gasteiger partial charge in [0.05, 0.1) is 0 Å². The summed E-state index contributed by atoms with van der Waals surface area (Å²) in [6.07, 6.45) is 8.57. The van der Waals surface area contributed by atoms with Gasteiger partial charge in [0, 0.05) is 24.7 Å². The van der Waals surface area contributed by atoms with Crippen molar-refractivity contribution in [1.29, 1.82) is 0 Å². The molecule has 0 spiro atoms. The molecule has 98 valence electrons. The summed E-state index contributed by atoms with van der Waals surface area (Å²) in [7, 11) is 2.33. The van der Waals surface area contributed by atoms with Crippen LogP contribution in [0.5, 0.6) is 0 Å². The number of nitrogens with zero attached hydrogens (tertiary/aromatic N) is 1. The molecule has 1 aliphatic carbocycles. The Labute approximate surface area is 106 Å². The van der Waals surface area contributed by atoms with Crippen LogP contribution in [0.2, 0.25) is 0 Å². The van der Waals surface area contributed by atoms with E-state index in [9.17, 15) is 0 Å². The summed E-state index contributed by atoms with van der Waals surface area (Å²) in [5, 5.41) is 3.90. The van der Waals surface area contributed by atoms with Crippen molar-refractivity contribution in [3.63, 3.8) is 0 Å². The highest BCUT2D eigenvalue weighted by Crippen LogP contribution is 2.51. The highest BCUT2D eigenvalue weighted by molar-refractivity contribution is 5.00. The first-order valence-corrected chi connectivity index (χ1v) is 7.56. The van der Waals surface area contributed by atoms with Crippen molar-refractivity contribution in [2.45, 2.75) is 70.5 Å². The van der Waals surface area contributed by atoms with Gasteiger partial charge < -0.3 is 10.2 Å². The molecule has 3 rings (SSSR count). The monoisotopic (exact) mass is 236 g/mol. The molecule has 3 aliphatic rings. The van der Waals surface area contributed by atoms with Gasteiger partial charge in [-0.2, -0.15) is 0 Å². The van der Waals surface area contributed by atoms with Gasteiger partial charge in [0.15, 0.2) is 0 Å². The van der Waals surface area contributed by atoms with E-state index >= 15 is 0 Å². The number of hydrogen-bond donors (Lipinski definition) is 1. The zero-order valence-corrected chi connectivity index (χ0v) is 11.7. The van der Waals surface area contributed by atoms with Crippen LogP contribution in [0.25, 0.3) is 0 Å². The second-order valence-corrected chi connectivity index (χ2v) is 7.12. The molecule has 1 N–H and O–H groups in total. The normalized spacial score (nSPS) is 39.9. The Bertz CT molecular complexity index is 269. The van der Waals surface area contributed by atoms with Crippen LogP contribution < -0.4 is 5.32 Å². The first-order chi connectivity index (χ1) is 8.11. The first-order valence-electron chi connectivity index (χ1n) is 7.56. The Balaban J connectivity index is 1.51. The van der Waals surface area contributed by atoms with Crippen molar-refractivity contribution in [3.05, 3.63) is 0 Å². The van der Waals surface area contributed by atoms with Crippen molar-refractivity contribution in [3.8, 4) is 0 Å². The molecule has 1 saturated carbocycles. The van der Waals surface area contributed by atoms with Crippen molar-refractivity contribution >= 4 is 0 Å². The van der Waals surface area contributed by atoms with Gasteiger partial charge in [-0.25, -0.2) is 0 Å². The zero-order valence-electron chi connectivity index (χ0n) is 11.7. The van der Waals surface area contributed by atoms with E-state index in [4.69, 9.17) is 0 Å². The number of rotatable bonds is 4. The second kappa shape index (κ2) is 4.24. The van der Waals surface area contributed by atoms with Gasteiger partial charge in [-0.1, -0.05) is 13.8 Å². The predicted molar refractivity (Wildman–Crippen MR) is 72.1 cm³/mol. The Hall–Kier alpha value is -0.0800. The number of hydrogen-bond acceptors (Lipinski definition) is 2. The molecule has 0 radical (unpaired) electrons. The van der Waals surface area contributed by atoms with Crippen molar-refractivity contribution in [2.24, 2.45) is 11.3 Å². The van der Waals surface area contributed by atoms with Gasteiger partial charge in [0.1, 0.15) is 0 Å². The molecule has 0 aromatic carbocycles. The Morgan fingerprint density at radius 2 is 1.76 bits per heavy atom. The number of fused-ring (bicyclic) bond motifs is 2. The first kappa shape index (κ1) is 12.0. The van der Waals surface area contributed by atoms with E-state index in [2.05, 4.69) is 31.1 Å². The average molecular weight is 236 g/mol. The number of piperidine rings is 1. The molecule has 0 amide bonds. The van der Waals surface area contributed by atoms with Crippen LogP contribution in [0.15, 0.2) is 0 Å². The van der Waals surface area contributed by atoms with Gasteiger partial charge in [0.25, 0.3) is 0 Å². The van der Waals surface area contributed by atoms with E-state index in [0.717, 1.165) is 24.0 Å². The van der Waals surface area contributed by atoms with E-state index in [1.165, 1.54) is 45.1 Å². The summed E-state index contributed by atoms with van der Waals surface area (Å²) >= 11 is 0. The van der Waals surface area contributed by atoms with Gasteiger partial charge in [-0.15, -0.1) is 0 Å². The third-order valence-corrected chi connectivity index (χ3v) is 5.96. The van der Waals surface area contributed by atoms with Crippen LogP contribution in [-0.4, -0.2) is 36.6 Å². The van der Waals surface area contributed by atoms with Gasteiger partial charge in [-0.3, -0.25) is 0 Å². The van der Waals surface area contributed by atoms with Crippen molar-refractivity contribution in [2.75, 3.05) is 13.6 Å². The molecule has 0 aromatic heterocycles. The lowest BCUT2D eigenvalue weighted by molar-refractivity contribution is 0.143. The Morgan fingerprint density at radius 3 is 2.24 bits per heavy atom. The van der Waals surface area contributed by atoms with E-state index in [1.807, 2.05) is 0 Å². The lowest BCUT2D eigenvalue weighted by Crippen LogP contribution is -2.48. The van der Waals surface area contributed by atoms with Crippen LogP contribution in [0, 0.1) is 11.3 Å². The highest BCUT2D eigenvalue weighted by atomic mass is 15.2. The minimum Gasteiger partial charge on any atom is -0.313 e. The molecular weight excluding hydrogens is 208 g/mol. The molecule has 17 heavy (non-hydrogen) atoms. The smallest absolute Gasteiger partial charge is 0.0111 e. The lowest BCUT2D eigenvalue weighted by Gasteiger charge is -2.37. The predicted octanol–water partition coefficient (Wildman–Crippen LogP) is 2.64. The lowest BCUT2D eigenvalue weighted by atomic mass is 9.91. The summed E-state index contributed by atoms with van der Waals surface area (Å²) in [5.74, 6) is 0.859. The van der Waals surface area contributed by atoms with E-state index < -0.39 is 0 Å². The molecule has 2 nitrogen and oxygen atoms in total. The van der Waals surface area contributed by atoms with Crippen LogP contribution >= 0.6 is 0 Å². The third-order valence-electron chi connectivity index (χ3n) is 5.96. The molecule has 2 atom stereocenters. The Morgan fingerprint density at radius 1 is 1.18 bits per heavy atom. The largest absolute Gasteiger partial charge is 0.313 e. The molecular formula is C15H28N2. The SMILES string of the molecule is CC(C)C1(CNC2CC3CCC(C2)N3C)CC1. The fourth-order valence-electron chi connectivity index (χ4n) is 4.04. The molecule has 2 aliphatic heterocycles. The molecule has 2 bridgehead atoms. The molecule has 2 heteroatoms. The summed E-state index contributed by atoms with van der Waals surface area (Å²) < 4.78 is 0. The van der Waals surface area contributed by atoms with E-state index in [1.54, 1.807) is 0 Å². The maximum Gasteiger partial charge on any atom is 0.0111 e. The molecule has 2 heterocycles. The van der Waals surface area contributed by atoms with Crippen molar-refractivity contribution in [1.82, 2.24) is 10.2 Å². The average Bonchev–Trinajstić information content (AvgIpc) is 3.06. The summed E-state index contributed by atoms with van der Waals surface area (Å²) in [6, 6.07) is 2.56. The summed E-state index contributed by atoms with van der Waals surface area (Å²) in [6.45, 7) is 6.07. The highest BCUT2D eigenvalue weighted by Gasteiger charge is 2.46. The Kier molecular flexibility index (Phi) is 2.99. The maximum atomic E-state index is 3.90. The van der Waals surface area contributed by atoms with E-state index in [-0.39, 0.29) is 0 Å². The second-order valence-electron chi connectivity index (χ2n) is 7.12. The molecule has 2 unspecified atom stereocenters. The molecule has 2 saturated heterocycles. The van der Waals surface area contributed by atoms with Crippen LogP contribution in [-0.2, 0) is 0 Å². The van der Waals surface area contributed by atoms with E-state index in [0.29, 0.717) is 5.41 Å². The van der Waals surface area contributed by atoms with Crippen LogP contribution in [0.1, 0.15) is 52.4 Å². The fraction of sp³-hybridized carbons (Fsp3) is 1.00. The summed E-state index contributed by atoms with van der Waals surface area (Å²) in [4.78, 5) is 2.63. The maximum absolute atomic E-state index is 3.90. The van der Waals surface area contributed by atoms with Crippen LogP contribution in [0.3, 0.4) is 0 Å². The summed E-state index contributed by atoms with van der Waals surface area (Å²) in [5.41, 5.74) is 0.669. The van der Waals surface area contributed by atoms with Gasteiger partial charge in [-0.05, 0) is 56.9 Å². The van der Waals surface area contributed by atoms with Crippen molar-refractivity contribution < 1.29 is 0 Å². The minimum atomic E-state index is 0.669.